The zero-order valence-electron chi connectivity index (χ0n) is 25.6. The molecule has 13 heteroatoms. The van der Waals surface area contributed by atoms with Crippen LogP contribution in [-0.2, 0) is 44.5 Å². The zero-order chi connectivity index (χ0) is 32.4. The molecule has 1 amide bonds. The van der Waals surface area contributed by atoms with Crippen molar-refractivity contribution in [3.8, 4) is 11.5 Å². The van der Waals surface area contributed by atoms with E-state index in [9.17, 15) is 24.0 Å². The Labute approximate surface area is 257 Å². The van der Waals surface area contributed by atoms with Gasteiger partial charge in [-0.2, -0.15) is 0 Å². The Morgan fingerprint density at radius 2 is 1.70 bits per heavy atom. The standard InChI is InChI=1S/C31H38N2O11.H2/c1-17(2)28(35)42-16-41-26-23(39-6)12-13-32-24(26)27(34)33-22-15-40-30(37)21(14-20-10-8-7-9-11-20)25(19(5)43-31(22)38)44-29(36)18(3)4;/h7-13,17-19,21-22,25H,14-16H2,1-6H3,(H,33,34);1H/t19-,21+,22-,25-;/m0./s1. The summed E-state index contributed by atoms with van der Waals surface area (Å²) in [7, 11) is 1.34. The van der Waals surface area contributed by atoms with Gasteiger partial charge in [-0.25, -0.2) is 9.78 Å². The summed E-state index contributed by atoms with van der Waals surface area (Å²) in [4.78, 5) is 68.5. The van der Waals surface area contributed by atoms with Gasteiger partial charge in [0.2, 0.25) is 6.79 Å². The van der Waals surface area contributed by atoms with Crippen molar-refractivity contribution in [2.45, 2.75) is 59.3 Å². The monoisotopic (exact) mass is 616 g/mol. The van der Waals surface area contributed by atoms with Gasteiger partial charge < -0.3 is 33.7 Å². The molecule has 3 rings (SSSR count). The van der Waals surface area contributed by atoms with E-state index >= 15 is 0 Å². The number of ether oxygens (including phenoxy) is 6. The SMILES string of the molecule is COc1ccnc(C(=O)N[C@H]2COC(=O)[C@H](Cc3ccccc3)[C@@H](OC(=O)C(C)C)[C@H](C)OC2=O)c1OCOC(=O)C(C)C.[HH]. The van der Waals surface area contributed by atoms with Crippen LogP contribution >= 0.6 is 0 Å². The van der Waals surface area contributed by atoms with Crippen LogP contribution in [0.3, 0.4) is 0 Å². The summed E-state index contributed by atoms with van der Waals surface area (Å²) in [5, 5.41) is 2.46. The number of amides is 1. The summed E-state index contributed by atoms with van der Waals surface area (Å²) in [5.41, 5.74) is 0.487. The van der Waals surface area contributed by atoms with Crippen molar-refractivity contribution in [3.63, 3.8) is 0 Å². The normalized spacial score (nSPS) is 20.4. The van der Waals surface area contributed by atoms with Gasteiger partial charge in [-0.3, -0.25) is 19.2 Å². The van der Waals surface area contributed by atoms with Gasteiger partial charge in [0, 0.05) is 13.7 Å². The molecule has 44 heavy (non-hydrogen) atoms. The Kier molecular flexibility index (Phi) is 12.1. The second kappa shape index (κ2) is 15.7. The molecule has 2 heterocycles. The van der Waals surface area contributed by atoms with Crippen LogP contribution in [0.5, 0.6) is 11.5 Å². The molecule has 1 aliphatic heterocycles. The molecule has 1 N–H and O–H groups in total. The van der Waals surface area contributed by atoms with Crippen molar-refractivity contribution < 1.29 is 53.8 Å². The Hall–Kier alpha value is -4.68. The predicted molar refractivity (Wildman–Crippen MR) is 155 cm³/mol. The molecule has 0 aliphatic carbocycles. The molecule has 1 saturated heterocycles. The summed E-state index contributed by atoms with van der Waals surface area (Å²) in [6.45, 7) is 6.98. The fourth-order valence-electron chi connectivity index (χ4n) is 4.18. The molecule has 0 bridgehead atoms. The number of hydrogen-bond acceptors (Lipinski definition) is 12. The van der Waals surface area contributed by atoms with Gasteiger partial charge in [0.25, 0.3) is 5.91 Å². The highest BCUT2D eigenvalue weighted by atomic mass is 16.7. The van der Waals surface area contributed by atoms with Crippen molar-refractivity contribution in [3.05, 3.63) is 53.9 Å². The van der Waals surface area contributed by atoms with E-state index < -0.39 is 79.2 Å². The second-order valence-electron chi connectivity index (χ2n) is 10.7. The Balaban J connectivity index is 0.00000705. The largest absolute Gasteiger partial charge is 0.493 e. The zero-order valence-corrected chi connectivity index (χ0v) is 25.6. The average molecular weight is 617 g/mol. The summed E-state index contributed by atoms with van der Waals surface area (Å²) >= 11 is 0. The number of methoxy groups -OCH3 is 1. The lowest BCUT2D eigenvalue weighted by atomic mass is 9.91. The number of aromatic nitrogens is 1. The summed E-state index contributed by atoms with van der Waals surface area (Å²) < 4.78 is 32.6. The molecule has 240 valence electrons. The average Bonchev–Trinajstić information content (AvgIpc) is 3.03. The number of esters is 4. The highest BCUT2D eigenvalue weighted by Gasteiger charge is 2.42. The highest BCUT2D eigenvalue weighted by Crippen LogP contribution is 2.30. The maximum absolute atomic E-state index is 13.4. The van der Waals surface area contributed by atoms with Crippen LogP contribution in [0.25, 0.3) is 0 Å². The second-order valence-corrected chi connectivity index (χ2v) is 10.7. The molecule has 1 aliphatic rings. The molecule has 0 unspecified atom stereocenters. The van der Waals surface area contributed by atoms with Crippen LogP contribution < -0.4 is 14.8 Å². The molecule has 13 nitrogen and oxygen atoms in total. The first-order valence-electron chi connectivity index (χ1n) is 14.2. The third-order valence-corrected chi connectivity index (χ3v) is 6.65. The van der Waals surface area contributed by atoms with Crippen molar-refractivity contribution in [1.82, 2.24) is 10.3 Å². The molecule has 1 fully saturated rings. The third kappa shape index (κ3) is 8.91. The number of nitrogens with one attached hydrogen (secondary N) is 1. The third-order valence-electron chi connectivity index (χ3n) is 6.65. The minimum atomic E-state index is -1.45. The fourth-order valence-corrected chi connectivity index (χ4v) is 4.18. The van der Waals surface area contributed by atoms with Crippen LogP contribution in [0.1, 0.15) is 52.1 Å². The van der Waals surface area contributed by atoms with Crippen LogP contribution in [0.2, 0.25) is 0 Å². The minimum absolute atomic E-state index is 0. The molecule has 1 aromatic heterocycles. The Morgan fingerprint density at radius 1 is 1.02 bits per heavy atom. The first-order valence-corrected chi connectivity index (χ1v) is 14.2. The molecule has 0 saturated carbocycles. The number of carbonyl (C=O) groups excluding carboxylic acids is 5. The van der Waals surface area contributed by atoms with Crippen molar-refractivity contribution >= 4 is 29.8 Å². The number of benzene rings is 1. The van der Waals surface area contributed by atoms with Gasteiger partial charge >= 0.3 is 23.9 Å². The fraction of sp³-hybridized carbons (Fsp3) is 0.484. The molecular weight excluding hydrogens is 576 g/mol. The summed E-state index contributed by atoms with van der Waals surface area (Å²) in [6.07, 6.45) is -0.811. The smallest absolute Gasteiger partial charge is 0.332 e. The molecule has 4 atom stereocenters. The van der Waals surface area contributed by atoms with Crippen LogP contribution in [0.15, 0.2) is 42.6 Å². The van der Waals surface area contributed by atoms with Crippen LogP contribution in [0.4, 0.5) is 0 Å². The molecule has 1 aromatic carbocycles. The quantitative estimate of drug-likeness (QED) is 0.223. The van der Waals surface area contributed by atoms with Crippen molar-refractivity contribution in [1.29, 1.82) is 0 Å². The lowest BCUT2D eigenvalue weighted by Gasteiger charge is -2.29. The van der Waals surface area contributed by atoms with Crippen LogP contribution in [-0.4, -0.2) is 73.5 Å². The van der Waals surface area contributed by atoms with Gasteiger partial charge in [-0.15, -0.1) is 0 Å². The highest BCUT2D eigenvalue weighted by molar-refractivity contribution is 5.98. The van der Waals surface area contributed by atoms with Crippen molar-refractivity contribution in [2.75, 3.05) is 20.5 Å². The Bertz CT molecular complexity index is 1340. The molecule has 0 spiro atoms. The molecule has 2 aromatic rings. The van der Waals surface area contributed by atoms with Gasteiger partial charge in [-0.05, 0) is 18.9 Å². The number of rotatable bonds is 11. The summed E-state index contributed by atoms with van der Waals surface area (Å²) in [5.74, 6) is -5.61. The van der Waals surface area contributed by atoms with Gasteiger partial charge in [0.15, 0.2) is 29.3 Å². The number of nitrogens with zero attached hydrogens (tertiary/aromatic N) is 1. The maximum atomic E-state index is 13.4. The summed E-state index contributed by atoms with van der Waals surface area (Å²) in [6, 6.07) is 9.03. The van der Waals surface area contributed by atoms with E-state index in [1.165, 1.54) is 26.3 Å². The lowest BCUT2D eigenvalue weighted by molar-refractivity contribution is -0.176. The van der Waals surface area contributed by atoms with Crippen molar-refractivity contribution in [2.24, 2.45) is 17.8 Å². The van der Waals surface area contributed by atoms with Gasteiger partial charge in [0.1, 0.15) is 18.6 Å². The van der Waals surface area contributed by atoms with Gasteiger partial charge in [0.05, 0.1) is 18.9 Å². The number of pyridine rings is 1. The van der Waals surface area contributed by atoms with Crippen LogP contribution in [0, 0.1) is 17.8 Å². The number of hydrogen-bond donors (Lipinski definition) is 1. The van der Waals surface area contributed by atoms with E-state index in [-0.39, 0.29) is 25.0 Å². The van der Waals surface area contributed by atoms with Gasteiger partial charge in [-0.1, -0.05) is 58.0 Å². The first-order chi connectivity index (χ1) is 20.9. The van der Waals surface area contributed by atoms with E-state index in [1.807, 2.05) is 18.2 Å². The molecular formula is C31H40N2O11. The topological polar surface area (TPSA) is 166 Å². The number of cyclic esters (lactones) is 2. The number of carbonyl (C=O) groups is 5. The molecule has 0 radical (unpaired) electrons. The Morgan fingerprint density at radius 3 is 2.34 bits per heavy atom. The maximum Gasteiger partial charge on any atom is 0.332 e. The lowest BCUT2D eigenvalue weighted by Crippen LogP contribution is -2.47. The minimum Gasteiger partial charge on any atom is -0.493 e. The van der Waals surface area contributed by atoms with E-state index in [1.54, 1.807) is 39.8 Å². The van der Waals surface area contributed by atoms with E-state index in [2.05, 4.69) is 10.3 Å². The van der Waals surface area contributed by atoms with E-state index in [0.717, 1.165) is 5.56 Å². The van der Waals surface area contributed by atoms with E-state index in [4.69, 9.17) is 28.4 Å². The first kappa shape index (κ1) is 33.8. The predicted octanol–water partition coefficient (Wildman–Crippen LogP) is 2.89. The van der Waals surface area contributed by atoms with E-state index in [0.29, 0.717) is 0 Å².